The summed E-state index contributed by atoms with van der Waals surface area (Å²) >= 11 is 13.5. The molecule has 0 saturated heterocycles. The molecule has 2 aromatic rings. The van der Waals surface area contributed by atoms with Crippen molar-refractivity contribution in [2.75, 3.05) is 7.11 Å². The van der Waals surface area contributed by atoms with Crippen LogP contribution >= 0.6 is 35.0 Å². The normalized spacial score (nSPS) is 10.1. The summed E-state index contributed by atoms with van der Waals surface area (Å²) in [6.07, 6.45) is 0. The Kier molecular flexibility index (Phi) is 5.19. The summed E-state index contributed by atoms with van der Waals surface area (Å²) in [4.78, 5) is 1.04. The average molecular weight is 324 g/mol. The van der Waals surface area contributed by atoms with Crippen molar-refractivity contribution in [2.24, 2.45) is 0 Å². The van der Waals surface area contributed by atoms with Crippen LogP contribution in [0.25, 0.3) is 0 Å². The third kappa shape index (κ3) is 3.61. The second-order valence-corrected chi connectivity index (χ2v) is 5.87. The Morgan fingerprint density at radius 1 is 1.15 bits per heavy atom. The second kappa shape index (κ2) is 6.90. The van der Waals surface area contributed by atoms with Gasteiger partial charge in [-0.15, -0.1) is 11.8 Å². The predicted octanol–water partition coefficient (Wildman–Crippen LogP) is 5.17. The van der Waals surface area contributed by atoms with Crippen molar-refractivity contribution in [1.29, 1.82) is 5.26 Å². The highest BCUT2D eigenvalue weighted by atomic mass is 35.5. The number of nitrogens with zero attached hydrogens (tertiary/aromatic N) is 1. The van der Waals surface area contributed by atoms with Crippen molar-refractivity contribution >= 4 is 35.0 Å². The first-order valence-corrected chi connectivity index (χ1v) is 7.53. The van der Waals surface area contributed by atoms with Gasteiger partial charge in [0.05, 0.1) is 22.7 Å². The van der Waals surface area contributed by atoms with Gasteiger partial charge in [0.15, 0.2) is 0 Å². The molecule has 0 aliphatic heterocycles. The SMILES string of the molecule is COc1cc(CSc2ccc(Cl)c(Cl)c2)ccc1C#N. The first-order valence-electron chi connectivity index (χ1n) is 5.79. The number of methoxy groups -OCH3 is 1. The number of ether oxygens (including phenoxy) is 1. The third-order valence-corrected chi connectivity index (χ3v) is 4.49. The predicted molar refractivity (Wildman–Crippen MR) is 83.7 cm³/mol. The fraction of sp³-hybridized carbons (Fsp3) is 0.133. The van der Waals surface area contributed by atoms with Gasteiger partial charge in [-0.1, -0.05) is 29.3 Å². The molecule has 0 fully saturated rings. The molecule has 20 heavy (non-hydrogen) atoms. The summed E-state index contributed by atoms with van der Waals surface area (Å²) in [5, 5.41) is 10.0. The number of halogens is 2. The van der Waals surface area contributed by atoms with E-state index in [-0.39, 0.29) is 0 Å². The summed E-state index contributed by atoms with van der Waals surface area (Å²) in [7, 11) is 1.56. The Hall–Kier alpha value is -1.34. The van der Waals surface area contributed by atoms with Crippen LogP contribution in [0.2, 0.25) is 10.0 Å². The fourth-order valence-corrected chi connectivity index (χ4v) is 2.89. The Labute approximate surface area is 132 Å². The molecule has 0 aliphatic carbocycles. The topological polar surface area (TPSA) is 33.0 Å². The van der Waals surface area contributed by atoms with Crippen LogP contribution < -0.4 is 4.74 Å². The lowest BCUT2D eigenvalue weighted by Crippen LogP contribution is -1.90. The summed E-state index contributed by atoms with van der Waals surface area (Å²) < 4.78 is 5.19. The van der Waals surface area contributed by atoms with Crippen molar-refractivity contribution in [3.8, 4) is 11.8 Å². The fourth-order valence-electron chi connectivity index (χ4n) is 1.65. The molecule has 0 heterocycles. The molecule has 2 aromatic carbocycles. The first-order chi connectivity index (χ1) is 9.63. The van der Waals surface area contributed by atoms with E-state index in [1.54, 1.807) is 31.0 Å². The Bertz CT molecular complexity index is 667. The molecule has 0 N–H and O–H groups in total. The molecule has 102 valence electrons. The van der Waals surface area contributed by atoms with E-state index < -0.39 is 0 Å². The lowest BCUT2D eigenvalue weighted by atomic mass is 10.1. The largest absolute Gasteiger partial charge is 0.495 e. The van der Waals surface area contributed by atoms with Crippen LogP contribution in [0.15, 0.2) is 41.3 Å². The van der Waals surface area contributed by atoms with Crippen LogP contribution in [0, 0.1) is 11.3 Å². The maximum atomic E-state index is 8.94. The third-order valence-electron chi connectivity index (χ3n) is 2.68. The van der Waals surface area contributed by atoms with E-state index >= 15 is 0 Å². The number of hydrogen-bond acceptors (Lipinski definition) is 3. The number of benzene rings is 2. The molecule has 0 radical (unpaired) electrons. The monoisotopic (exact) mass is 323 g/mol. The van der Waals surface area contributed by atoms with Gasteiger partial charge in [-0.2, -0.15) is 5.26 Å². The van der Waals surface area contributed by atoms with Crippen molar-refractivity contribution < 1.29 is 4.74 Å². The lowest BCUT2D eigenvalue weighted by Gasteiger charge is -2.07. The highest BCUT2D eigenvalue weighted by molar-refractivity contribution is 7.98. The van der Waals surface area contributed by atoms with Gasteiger partial charge in [-0.3, -0.25) is 0 Å². The van der Waals surface area contributed by atoms with Crippen LogP contribution in [-0.4, -0.2) is 7.11 Å². The maximum absolute atomic E-state index is 8.94. The molecular weight excluding hydrogens is 313 g/mol. The van der Waals surface area contributed by atoms with Gasteiger partial charge in [0.2, 0.25) is 0 Å². The van der Waals surface area contributed by atoms with Crippen molar-refractivity contribution in [3.63, 3.8) is 0 Å². The van der Waals surface area contributed by atoms with Gasteiger partial charge >= 0.3 is 0 Å². The Morgan fingerprint density at radius 3 is 2.60 bits per heavy atom. The van der Waals surface area contributed by atoms with E-state index in [0.717, 1.165) is 16.2 Å². The van der Waals surface area contributed by atoms with E-state index in [0.29, 0.717) is 21.4 Å². The molecule has 0 spiro atoms. The van der Waals surface area contributed by atoms with Gasteiger partial charge < -0.3 is 4.74 Å². The number of hydrogen-bond donors (Lipinski definition) is 0. The molecule has 0 saturated carbocycles. The quantitative estimate of drug-likeness (QED) is 0.728. The zero-order valence-electron chi connectivity index (χ0n) is 10.7. The summed E-state index contributed by atoms with van der Waals surface area (Å²) in [5.41, 5.74) is 1.62. The molecule has 0 aliphatic rings. The molecule has 0 unspecified atom stereocenters. The molecule has 0 amide bonds. The zero-order chi connectivity index (χ0) is 14.5. The Morgan fingerprint density at radius 2 is 1.95 bits per heavy atom. The summed E-state index contributed by atoms with van der Waals surface area (Å²) in [6, 6.07) is 13.2. The molecule has 0 bridgehead atoms. The van der Waals surface area contributed by atoms with Gasteiger partial charge in [0.25, 0.3) is 0 Å². The minimum Gasteiger partial charge on any atom is -0.495 e. The second-order valence-electron chi connectivity index (χ2n) is 4.01. The molecule has 0 atom stereocenters. The summed E-state index contributed by atoms with van der Waals surface area (Å²) in [6.45, 7) is 0. The molecule has 2 rings (SSSR count). The molecule has 2 nitrogen and oxygen atoms in total. The smallest absolute Gasteiger partial charge is 0.136 e. The van der Waals surface area contributed by atoms with E-state index in [1.165, 1.54) is 0 Å². The minimum atomic E-state index is 0.538. The number of nitriles is 1. The first kappa shape index (κ1) is 15.1. The zero-order valence-corrected chi connectivity index (χ0v) is 13.0. The van der Waals surface area contributed by atoms with Gasteiger partial charge in [0, 0.05) is 10.6 Å². The molecule has 5 heteroatoms. The van der Waals surface area contributed by atoms with Crippen LogP contribution in [0.1, 0.15) is 11.1 Å². The molecule has 0 aromatic heterocycles. The van der Waals surface area contributed by atoms with E-state index in [9.17, 15) is 0 Å². The van der Waals surface area contributed by atoms with E-state index in [2.05, 4.69) is 6.07 Å². The van der Waals surface area contributed by atoms with Gasteiger partial charge in [-0.05, 0) is 35.9 Å². The van der Waals surface area contributed by atoms with Crippen molar-refractivity contribution in [3.05, 3.63) is 57.6 Å². The van der Waals surface area contributed by atoms with Crippen LogP contribution in [0.5, 0.6) is 5.75 Å². The van der Waals surface area contributed by atoms with Gasteiger partial charge in [-0.25, -0.2) is 0 Å². The standard InChI is InChI=1S/C15H11Cl2NOS/c1-19-15-6-10(2-3-11(15)8-18)9-20-12-4-5-13(16)14(17)7-12/h2-7H,9H2,1H3. The molecular formula is C15H11Cl2NOS. The van der Waals surface area contributed by atoms with Crippen LogP contribution in [0.3, 0.4) is 0 Å². The van der Waals surface area contributed by atoms with Crippen LogP contribution in [0.4, 0.5) is 0 Å². The highest BCUT2D eigenvalue weighted by Gasteiger charge is 2.05. The highest BCUT2D eigenvalue weighted by Crippen LogP contribution is 2.30. The van der Waals surface area contributed by atoms with E-state index in [1.807, 2.05) is 24.3 Å². The Balaban J connectivity index is 2.11. The van der Waals surface area contributed by atoms with Crippen LogP contribution in [-0.2, 0) is 5.75 Å². The summed E-state index contributed by atoms with van der Waals surface area (Å²) in [5.74, 6) is 1.36. The van der Waals surface area contributed by atoms with Crippen molar-refractivity contribution in [1.82, 2.24) is 0 Å². The van der Waals surface area contributed by atoms with Gasteiger partial charge in [0.1, 0.15) is 11.8 Å². The number of thioether (sulfide) groups is 1. The lowest BCUT2D eigenvalue weighted by molar-refractivity contribution is 0.413. The van der Waals surface area contributed by atoms with Crippen molar-refractivity contribution in [2.45, 2.75) is 10.6 Å². The van der Waals surface area contributed by atoms with E-state index in [4.69, 9.17) is 33.2 Å². The minimum absolute atomic E-state index is 0.538. The average Bonchev–Trinajstić information content (AvgIpc) is 2.48. The number of rotatable bonds is 4. The maximum Gasteiger partial charge on any atom is 0.136 e.